The van der Waals surface area contributed by atoms with E-state index in [-0.39, 0.29) is 0 Å². The van der Waals surface area contributed by atoms with E-state index in [9.17, 15) is 0 Å². The van der Waals surface area contributed by atoms with Gasteiger partial charge in [-0.1, -0.05) is 50.5 Å². The molecule has 0 aromatic heterocycles. The zero-order chi connectivity index (χ0) is 13.8. The van der Waals surface area contributed by atoms with Crippen LogP contribution in [0.2, 0.25) is 0 Å². The van der Waals surface area contributed by atoms with Gasteiger partial charge < -0.3 is 5.32 Å². The Kier molecular flexibility index (Phi) is 4.77. The zero-order valence-electron chi connectivity index (χ0n) is 12.9. The summed E-state index contributed by atoms with van der Waals surface area (Å²) in [5.74, 6) is 1.71. The van der Waals surface area contributed by atoms with Gasteiger partial charge in [0.05, 0.1) is 0 Å². The van der Waals surface area contributed by atoms with E-state index in [4.69, 9.17) is 0 Å². The van der Waals surface area contributed by atoms with Gasteiger partial charge in [-0.3, -0.25) is 0 Å². The number of hydrogen-bond acceptors (Lipinski definition) is 1. The van der Waals surface area contributed by atoms with Gasteiger partial charge >= 0.3 is 0 Å². The minimum atomic E-state index is 0.606. The second-order valence-electron chi connectivity index (χ2n) is 6.73. The van der Waals surface area contributed by atoms with Crippen LogP contribution in [0.5, 0.6) is 0 Å². The number of rotatable bonds is 6. The molecule has 3 rings (SSSR count). The first kappa shape index (κ1) is 14.1. The number of hydrogen-bond donors (Lipinski definition) is 1. The molecule has 1 heteroatoms. The quantitative estimate of drug-likeness (QED) is 0.751. The zero-order valence-corrected chi connectivity index (χ0v) is 12.9. The van der Waals surface area contributed by atoms with Crippen LogP contribution in [-0.4, -0.2) is 6.54 Å². The van der Waals surface area contributed by atoms with Gasteiger partial charge in [-0.15, -0.1) is 0 Å². The first-order valence-corrected chi connectivity index (χ1v) is 8.72. The lowest BCUT2D eigenvalue weighted by Crippen LogP contribution is -2.29. The van der Waals surface area contributed by atoms with E-state index in [1.54, 1.807) is 11.1 Å². The van der Waals surface area contributed by atoms with Gasteiger partial charge in [0.25, 0.3) is 0 Å². The van der Waals surface area contributed by atoms with E-state index in [2.05, 4.69) is 36.5 Å². The van der Waals surface area contributed by atoms with E-state index in [0.717, 1.165) is 18.4 Å². The Balaban J connectivity index is 1.85. The largest absolute Gasteiger partial charge is 0.310 e. The van der Waals surface area contributed by atoms with Crippen LogP contribution in [0.25, 0.3) is 0 Å². The molecule has 0 radical (unpaired) electrons. The minimum absolute atomic E-state index is 0.606. The molecule has 0 amide bonds. The molecule has 1 unspecified atom stereocenters. The lowest BCUT2D eigenvalue weighted by atomic mass is 9.75. The number of benzene rings is 1. The van der Waals surface area contributed by atoms with E-state index in [0.29, 0.717) is 6.04 Å². The molecule has 0 aliphatic heterocycles. The highest BCUT2D eigenvalue weighted by Crippen LogP contribution is 2.43. The molecule has 0 heterocycles. The van der Waals surface area contributed by atoms with Crippen LogP contribution >= 0.6 is 0 Å². The van der Waals surface area contributed by atoms with Crippen molar-refractivity contribution in [2.45, 2.75) is 70.3 Å². The van der Waals surface area contributed by atoms with Gasteiger partial charge in [-0.2, -0.15) is 0 Å². The Morgan fingerprint density at radius 3 is 2.45 bits per heavy atom. The Hall–Kier alpha value is -0.820. The fraction of sp³-hybridized carbons (Fsp3) is 0.684. The summed E-state index contributed by atoms with van der Waals surface area (Å²) in [5.41, 5.74) is 3.27. The molecular formula is C19H29N. The summed E-state index contributed by atoms with van der Waals surface area (Å²) in [4.78, 5) is 0. The fourth-order valence-electron chi connectivity index (χ4n) is 4.01. The average molecular weight is 271 g/mol. The second-order valence-corrected chi connectivity index (χ2v) is 6.73. The van der Waals surface area contributed by atoms with Gasteiger partial charge in [-0.05, 0) is 61.6 Å². The van der Waals surface area contributed by atoms with Gasteiger partial charge in [0, 0.05) is 6.04 Å². The number of nitrogens with one attached hydrogen (secondary N) is 1. The molecule has 1 aromatic carbocycles. The molecular weight excluding hydrogens is 242 g/mol. The summed E-state index contributed by atoms with van der Waals surface area (Å²) in [6.45, 7) is 3.43. The summed E-state index contributed by atoms with van der Waals surface area (Å²) < 4.78 is 0. The maximum absolute atomic E-state index is 3.87. The minimum Gasteiger partial charge on any atom is -0.310 e. The topological polar surface area (TPSA) is 12.0 Å². The van der Waals surface area contributed by atoms with Crippen molar-refractivity contribution < 1.29 is 0 Å². The highest BCUT2D eigenvalue weighted by atomic mass is 14.9. The van der Waals surface area contributed by atoms with Crippen LogP contribution in [0, 0.1) is 5.92 Å². The smallest absolute Gasteiger partial charge is 0.0351 e. The first-order valence-electron chi connectivity index (χ1n) is 8.72. The van der Waals surface area contributed by atoms with E-state index < -0.39 is 0 Å². The molecule has 2 saturated carbocycles. The van der Waals surface area contributed by atoms with Crippen molar-refractivity contribution in [3.8, 4) is 0 Å². The third kappa shape index (κ3) is 2.93. The van der Waals surface area contributed by atoms with Crippen molar-refractivity contribution in [2.24, 2.45) is 5.92 Å². The first-order chi connectivity index (χ1) is 9.90. The van der Waals surface area contributed by atoms with E-state index in [1.807, 2.05) is 0 Å². The molecule has 1 atom stereocenters. The molecule has 0 bridgehead atoms. The summed E-state index contributed by atoms with van der Waals surface area (Å²) in [7, 11) is 0. The molecule has 110 valence electrons. The van der Waals surface area contributed by atoms with Crippen LogP contribution in [0.1, 0.15) is 81.4 Å². The predicted octanol–water partition coefficient (Wildman–Crippen LogP) is 5.19. The van der Waals surface area contributed by atoms with Crippen molar-refractivity contribution in [3.63, 3.8) is 0 Å². The highest BCUT2D eigenvalue weighted by Gasteiger charge is 2.30. The van der Waals surface area contributed by atoms with Crippen LogP contribution in [-0.2, 0) is 0 Å². The summed E-state index contributed by atoms with van der Waals surface area (Å²) in [6.07, 6.45) is 11.2. The normalized spacial score (nSPS) is 21.9. The van der Waals surface area contributed by atoms with Crippen molar-refractivity contribution in [2.75, 3.05) is 6.54 Å². The molecule has 20 heavy (non-hydrogen) atoms. The average Bonchev–Trinajstić information content (AvgIpc) is 2.93. The molecule has 0 saturated heterocycles. The van der Waals surface area contributed by atoms with Crippen LogP contribution < -0.4 is 5.32 Å². The molecule has 1 aromatic rings. The molecule has 2 fully saturated rings. The Bertz CT molecular complexity index is 416. The summed E-state index contributed by atoms with van der Waals surface area (Å²) in [5, 5.41) is 3.87. The summed E-state index contributed by atoms with van der Waals surface area (Å²) in [6, 6.07) is 9.89. The van der Waals surface area contributed by atoms with Crippen LogP contribution in [0.4, 0.5) is 0 Å². The van der Waals surface area contributed by atoms with Gasteiger partial charge in [0.15, 0.2) is 0 Å². The molecule has 1 N–H and O–H groups in total. The highest BCUT2D eigenvalue weighted by molar-refractivity contribution is 5.34. The predicted molar refractivity (Wildman–Crippen MR) is 86.0 cm³/mol. The monoisotopic (exact) mass is 271 g/mol. The van der Waals surface area contributed by atoms with E-state index in [1.165, 1.54) is 51.4 Å². The molecule has 0 spiro atoms. The van der Waals surface area contributed by atoms with Crippen molar-refractivity contribution in [3.05, 3.63) is 35.4 Å². The third-order valence-corrected chi connectivity index (χ3v) is 5.36. The van der Waals surface area contributed by atoms with Gasteiger partial charge in [0.1, 0.15) is 0 Å². The lowest BCUT2D eigenvalue weighted by molar-refractivity contribution is 0.355. The third-order valence-electron chi connectivity index (χ3n) is 5.36. The fourth-order valence-corrected chi connectivity index (χ4v) is 4.01. The Morgan fingerprint density at radius 2 is 1.80 bits per heavy atom. The Morgan fingerprint density at radius 1 is 1.05 bits per heavy atom. The van der Waals surface area contributed by atoms with Crippen molar-refractivity contribution >= 4 is 0 Å². The van der Waals surface area contributed by atoms with Gasteiger partial charge in [0.2, 0.25) is 0 Å². The second kappa shape index (κ2) is 6.76. The van der Waals surface area contributed by atoms with Crippen molar-refractivity contribution in [1.29, 1.82) is 0 Å². The molecule has 2 aliphatic rings. The van der Waals surface area contributed by atoms with Crippen molar-refractivity contribution in [1.82, 2.24) is 5.32 Å². The molecule has 2 aliphatic carbocycles. The standard InChI is InChI=1S/C19H29N/c1-2-14-20-19(16-8-3-4-9-16)18-13-6-5-12-17(18)15-10-7-11-15/h5-6,12-13,15-16,19-20H,2-4,7-11,14H2,1H3. The van der Waals surface area contributed by atoms with E-state index >= 15 is 0 Å². The van der Waals surface area contributed by atoms with Crippen LogP contribution in [0.3, 0.4) is 0 Å². The van der Waals surface area contributed by atoms with Gasteiger partial charge in [-0.25, -0.2) is 0 Å². The SMILES string of the molecule is CCCNC(c1ccccc1C1CCC1)C1CCCC1. The maximum atomic E-state index is 3.87. The Labute approximate surface area is 124 Å². The molecule has 1 nitrogen and oxygen atoms in total. The summed E-state index contributed by atoms with van der Waals surface area (Å²) >= 11 is 0. The van der Waals surface area contributed by atoms with Crippen LogP contribution in [0.15, 0.2) is 24.3 Å². The lowest BCUT2D eigenvalue weighted by Gasteiger charge is -2.33. The maximum Gasteiger partial charge on any atom is 0.0351 e.